The van der Waals surface area contributed by atoms with Crippen LogP contribution in [-0.2, 0) is 6.54 Å². The summed E-state index contributed by atoms with van der Waals surface area (Å²) < 4.78 is 6.97. The van der Waals surface area contributed by atoms with Gasteiger partial charge in [0.1, 0.15) is 11.6 Å². The van der Waals surface area contributed by atoms with E-state index in [9.17, 15) is 4.79 Å². The van der Waals surface area contributed by atoms with Gasteiger partial charge in [-0.3, -0.25) is 9.36 Å². The van der Waals surface area contributed by atoms with Crippen LogP contribution in [0.5, 0.6) is 5.75 Å². The van der Waals surface area contributed by atoms with Gasteiger partial charge in [0, 0.05) is 5.56 Å². The SMILES string of the molecule is COc1ccc(Cn2c(-c3ccc(C)cc3)nc3ccccc3c2=O)cc1. The molecule has 0 unspecified atom stereocenters. The third-order valence-electron chi connectivity index (χ3n) is 4.67. The van der Waals surface area contributed by atoms with E-state index in [1.807, 2.05) is 79.7 Å². The number of aryl methyl sites for hydroxylation is 1. The van der Waals surface area contributed by atoms with E-state index in [4.69, 9.17) is 9.72 Å². The van der Waals surface area contributed by atoms with Crippen molar-refractivity contribution in [2.24, 2.45) is 0 Å². The largest absolute Gasteiger partial charge is 0.497 e. The fourth-order valence-electron chi connectivity index (χ4n) is 3.15. The number of methoxy groups -OCH3 is 1. The minimum absolute atomic E-state index is 0.0352. The van der Waals surface area contributed by atoms with E-state index in [1.165, 1.54) is 5.56 Å². The molecular formula is C23H20N2O2. The molecule has 0 bridgehead atoms. The van der Waals surface area contributed by atoms with Gasteiger partial charge in [-0.2, -0.15) is 0 Å². The molecular weight excluding hydrogens is 336 g/mol. The summed E-state index contributed by atoms with van der Waals surface area (Å²) in [5, 5.41) is 0.627. The quantitative estimate of drug-likeness (QED) is 0.543. The molecule has 0 atom stereocenters. The summed E-state index contributed by atoms with van der Waals surface area (Å²) in [6.45, 7) is 2.49. The van der Waals surface area contributed by atoms with Crippen LogP contribution in [0.25, 0.3) is 22.3 Å². The summed E-state index contributed by atoms with van der Waals surface area (Å²) >= 11 is 0. The molecule has 134 valence electrons. The molecule has 0 aliphatic rings. The molecule has 0 aliphatic heterocycles. The number of para-hydroxylation sites is 1. The van der Waals surface area contributed by atoms with E-state index in [2.05, 4.69) is 0 Å². The highest BCUT2D eigenvalue weighted by Gasteiger charge is 2.13. The molecule has 4 heteroatoms. The highest BCUT2D eigenvalue weighted by atomic mass is 16.5. The Morgan fingerprint density at radius 3 is 2.33 bits per heavy atom. The van der Waals surface area contributed by atoms with Gasteiger partial charge in [0.25, 0.3) is 5.56 Å². The van der Waals surface area contributed by atoms with E-state index in [0.29, 0.717) is 23.3 Å². The molecule has 0 radical (unpaired) electrons. The summed E-state index contributed by atoms with van der Waals surface area (Å²) in [7, 11) is 1.64. The Labute approximate surface area is 157 Å². The molecule has 4 nitrogen and oxygen atoms in total. The van der Waals surface area contributed by atoms with Gasteiger partial charge in [-0.1, -0.05) is 54.1 Å². The van der Waals surface area contributed by atoms with Crippen LogP contribution in [0.4, 0.5) is 0 Å². The van der Waals surface area contributed by atoms with Crippen LogP contribution in [-0.4, -0.2) is 16.7 Å². The van der Waals surface area contributed by atoms with E-state index in [1.54, 1.807) is 11.7 Å². The summed E-state index contributed by atoms with van der Waals surface area (Å²) in [5.41, 5.74) is 3.79. The molecule has 0 N–H and O–H groups in total. The summed E-state index contributed by atoms with van der Waals surface area (Å²) in [5.74, 6) is 1.47. The second-order valence-corrected chi connectivity index (χ2v) is 6.56. The Balaban J connectivity index is 1.90. The normalized spacial score (nSPS) is 10.9. The maximum absolute atomic E-state index is 13.2. The average Bonchev–Trinajstić information content (AvgIpc) is 2.71. The number of hydrogen-bond acceptors (Lipinski definition) is 3. The average molecular weight is 356 g/mol. The first-order valence-electron chi connectivity index (χ1n) is 8.85. The van der Waals surface area contributed by atoms with E-state index in [0.717, 1.165) is 16.9 Å². The second-order valence-electron chi connectivity index (χ2n) is 6.56. The molecule has 0 amide bonds. The highest BCUT2D eigenvalue weighted by molar-refractivity contribution is 5.79. The minimum Gasteiger partial charge on any atom is -0.497 e. The zero-order valence-electron chi connectivity index (χ0n) is 15.3. The standard InChI is InChI=1S/C23H20N2O2/c1-16-7-11-18(12-8-16)22-24-21-6-4-3-5-20(21)23(26)25(22)15-17-9-13-19(27-2)14-10-17/h3-14H,15H2,1-2H3. The Bertz CT molecular complexity index is 1140. The predicted molar refractivity (Wildman–Crippen MR) is 108 cm³/mol. The van der Waals surface area contributed by atoms with E-state index in [-0.39, 0.29) is 5.56 Å². The fourth-order valence-corrected chi connectivity index (χ4v) is 3.15. The summed E-state index contributed by atoms with van der Waals surface area (Å²) in [6, 6.07) is 23.3. The van der Waals surface area contributed by atoms with Gasteiger partial charge in [-0.05, 0) is 36.8 Å². The van der Waals surface area contributed by atoms with Gasteiger partial charge in [0.2, 0.25) is 0 Å². The van der Waals surface area contributed by atoms with Crippen LogP contribution in [0.1, 0.15) is 11.1 Å². The van der Waals surface area contributed by atoms with Crippen LogP contribution in [0.3, 0.4) is 0 Å². The van der Waals surface area contributed by atoms with Crippen molar-refractivity contribution in [2.45, 2.75) is 13.5 Å². The van der Waals surface area contributed by atoms with Gasteiger partial charge in [0.15, 0.2) is 0 Å². The molecule has 4 aromatic rings. The maximum atomic E-state index is 13.2. The first kappa shape index (κ1) is 17.0. The molecule has 0 saturated heterocycles. The predicted octanol–water partition coefficient (Wildman–Crippen LogP) is 4.43. The second kappa shape index (κ2) is 7.08. The van der Waals surface area contributed by atoms with Gasteiger partial charge >= 0.3 is 0 Å². The zero-order valence-corrected chi connectivity index (χ0v) is 15.3. The van der Waals surface area contributed by atoms with E-state index >= 15 is 0 Å². The lowest BCUT2D eigenvalue weighted by molar-refractivity contribution is 0.414. The van der Waals surface area contributed by atoms with Crippen molar-refractivity contribution in [3.63, 3.8) is 0 Å². The minimum atomic E-state index is -0.0352. The molecule has 0 spiro atoms. The molecule has 4 rings (SSSR count). The van der Waals surface area contributed by atoms with Crippen LogP contribution in [0, 0.1) is 6.92 Å². The van der Waals surface area contributed by atoms with Crippen LogP contribution in [0.15, 0.2) is 77.6 Å². The molecule has 1 aromatic heterocycles. The lowest BCUT2D eigenvalue weighted by Crippen LogP contribution is -2.24. The Morgan fingerprint density at radius 2 is 1.63 bits per heavy atom. The number of rotatable bonds is 4. The first-order valence-corrected chi connectivity index (χ1v) is 8.85. The summed E-state index contributed by atoms with van der Waals surface area (Å²) in [4.78, 5) is 18.0. The van der Waals surface area contributed by atoms with Gasteiger partial charge < -0.3 is 4.74 Å². The number of nitrogens with zero attached hydrogens (tertiary/aromatic N) is 2. The van der Waals surface area contributed by atoms with Crippen LogP contribution >= 0.6 is 0 Å². The van der Waals surface area contributed by atoms with E-state index < -0.39 is 0 Å². The molecule has 27 heavy (non-hydrogen) atoms. The topological polar surface area (TPSA) is 44.1 Å². The molecule has 0 fully saturated rings. The number of aromatic nitrogens is 2. The van der Waals surface area contributed by atoms with Gasteiger partial charge in [-0.25, -0.2) is 4.98 Å². The third kappa shape index (κ3) is 3.34. The summed E-state index contributed by atoms with van der Waals surface area (Å²) in [6.07, 6.45) is 0. The van der Waals surface area contributed by atoms with Crippen molar-refractivity contribution < 1.29 is 4.74 Å². The van der Waals surface area contributed by atoms with Crippen molar-refractivity contribution in [3.05, 3.63) is 94.3 Å². The lowest BCUT2D eigenvalue weighted by atomic mass is 10.1. The van der Waals surface area contributed by atoms with Crippen LogP contribution in [0.2, 0.25) is 0 Å². The van der Waals surface area contributed by atoms with Crippen LogP contribution < -0.4 is 10.3 Å². The van der Waals surface area contributed by atoms with Crippen molar-refractivity contribution in [1.29, 1.82) is 0 Å². The van der Waals surface area contributed by atoms with Gasteiger partial charge in [-0.15, -0.1) is 0 Å². The van der Waals surface area contributed by atoms with Crippen molar-refractivity contribution in [2.75, 3.05) is 7.11 Å². The monoisotopic (exact) mass is 356 g/mol. The highest BCUT2D eigenvalue weighted by Crippen LogP contribution is 2.21. The third-order valence-corrected chi connectivity index (χ3v) is 4.67. The zero-order chi connectivity index (χ0) is 18.8. The molecule has 0 aliphatic carbocycles. The molecule has 3 aromatic carbocycles. The number of hydrogen-bond donors (Lipinski definition) is 0. The van der Waals surface area contributed by atoms with Crippen molar-refractivity contribution >= 4 is 10.9 Å². The Kier molecular flexibility index (Phi) is 4.47. The lowest BCUT2D eigenvalue weighted by Gasteiger charge is -2.14. The molecule has 1 heterocycles. The van der Waals surface area contributed by atoms with Crippen molar-refractivity contribution in [3.8, 4) is 17.1 Å². The van der Waals surface area contributed by atoms with Gasteiger partial charge in [0.05, 0.1) is 24.6 Å². The Morgan fingerprint density at radius 1 is 0.926 bits per heavy atom. The molecule has 0 saturated carbocycles. The fraction of sp³-hybridized carbons (Fsp3) is 0.130. The number of benzene rings is 3. The first-order chi connectivity index (χ1) is 13.2. The van der Waals surface area contributed by atoms with Crippen molar-refractivity contribution in [1.82, 2.24) is 9.55 Å². The Hall–Kier alpha value is -3.40. The maximum Gasteiger partial charge on any atom is 0.261 e. The smallest absolute Gasteiger partial charge is 0.261 e. The number of ether oxygens (including phenoxy) is 1. The number of fused-ring (bicyclic) bond motifs is 1.